The van der Waals surface area contributed by atoms with E-state index in [1.54, 1.807) is 0 Å². The Bertz CT molecular complexity index is 699. The number of morpholine rings is 1. The van der Waals surface area contributed by atoms with Crippen molar-refractivity contribution in [1.82, 2.24) is 15.1 Å². The van der Waals surface area contributed by atoms with E-state index in [4.69, 9.17) is 21.1 Å². The van der Waals surface area contributed by atoms with Gasteiger partial charge in [0.05, 0.1) is 24.9 Å². The number of amides is 3. The number of carbonyl (C=O) groups excluding carboxylic acids is 2. The fourth-order valence-corrected chi connectivity index (χ4v) is 4.03. The largest absolute Gasteiger partial charge is 0.372 e. The quantitative estimate of drug-likeness (QED) is 0.847. The van der Waals surface area contributed by atoms with Crippen molar-refractivity contribution in [1.29, 1.82) is 0 Å². The van der Waals surface area contributed by atoms with Gasteiger partial charge in [0.2, 0.25) is 5.91 Å². The van der Waals surface area contributed by atoms with Crippen LogP contribution < -0.4 is 5.32 Å². The third-order valence-corrected chi connectivity index (χ3v) is 5.66. The first-order valence-electron chi connectivity index (χ1n) is 9.39. The molecule has 0 aromatic heterocycles. The molecule has 0 saturated carbocycles. The number of hydrogen-bond acceptors (Lipinski definition) is 4. The summed E-state index contributed by atoms with van der Waals surface area (Å²) in [6.07, 6.45) is 1.64. The molecule has 3 fully saturated rings. The van der Waals surface area contributed by atoms with E-state index in [9.17, 15) is 9.59 Å². The molecule has 27 heavy (non-hydrogen) atoms. The second-order valence-corrected chi connectivity index (χ2v) is 7.77. The van der Waals surface area contributed by atoms with Gasteiger partial charge in [-0.25, -0.2) is 4.79 Å². The van der Waals surface area contributed by atoms with Crippen LogP contribution in [-0.2, 0) is 20.9 Å². The summed E-state index contributed by atoms with van der Waals surface area (Å²) in [6, 6.07) is 7.51. The molecule has 3 saturated heterocycles. The van der Waals surface area contributed by atoms with Crippen molar-refractivity contribution in [3.63, 3.8) is 0 Å². The van der Waals surface area contributed by atoms with Gasteiger partial charge in [0, 0.05) is 31.2 Å². The van der Waals surface area contributed by atoms with Gasteiger partial charge in [0.25, 0.3) is 0 Å². The Morgan fingerprint density at radius 2 is 1.93 bits per heavy atom. The van der Waals surface area contributed by atoms with Gasteiger partial charge in [-0.15, -0.1) is 0 Å². The van der Waals surface area contributed by atoms with E-state index in [1.165, 1.54) is 0 Å². The molecule has 0 aliphatic carbocycles. The van der Waals surface area contributed by atoms with Crippen LogP contribution in [-0.4, -0.2) is 72.8 Å². The fraction of sp³-hybridized carbons (Fsp3) is 0.579. The van der Waals surface area contributed by atoms with Crippen LogP contribution >= 0.6 is 11.6 Å². The van der Waals surface area contributed by atoms with Gasteiger partial charge >= 0.3 is 6.03 Å². The van der Waals surface area contributed by atoms with Crippen molar-refractivity contribution < 1.29 is 19.1 Å². The summed E-state index contributed by atoms with van der Waals surface area (Å²) in [4.78, 5) is 28.0. The zero-order chi connectivity index (χ0) is 18.8. The smallest absolute Gasteiger partial charge is 0.320 e. The first-order valence-corrected chi connectivity index (χ1v) is 9.77. The minimum atomic E-state index is -0.109. The van der Waals surface area contributed by atoms with Gasteiger partial charge in [-0.1, -0.05) is 23.7 Å². The maximum Gasteiger partial charge on any atom is 0.320 e. The zero-order valence-electron chi connectivity index (χ0n) is 15.1. The number of rotatable bonds is 3. The van der Waals surface area contributed by atoms with Gasteiger partial charge < -0.3 is 24.6 Å². The van der Waals surface area contributed by atoms with Crippen molar-refractivity contribution >= 4 is 23.5 Å². The molecule has 3 amide bonds. The van der Waals surface area contributed by atoms with Crippen molar-refractivity contribution in [3.05, 3.63) is 34.9 Å². The lowest BCUT2D eigenvalue weighted by Gasteiger charge is -2.42. The fourth-order valence-electron chi connectivity index (χ4n) is 3.91. The number of carbonyl (C=O) groups is 2. The molecular weight excluding hydrogens is 370 g/mol. The van der Waals surface area contributed by atoms with Crippen LogP contribution in [0.15, 0.2) is 24.3 Å². The highest BCUT2D eigenvalue weighted by atomic mass is 35.5. The molecule has 0 bridgehead atoms. The second-order valence-electron chi connectivity index (χ2n) is 7.33. The van der Waals surface area contributed by atoms with Crippen LogP contribution in [0.3, 0.4) is 0 Å². The number of halogens is 1. The third-order valence-electron chi connectivity index (χ3n) is 5.41. The highest BCUT2D eigenvalue weighted by Crippen LogP contribution is 2.22. The maximum atomic E-state index is 12.8. The maximum absolute atomic E-state index is 12.8. The summed E-state index contributed by atoms with van der Waals surface area (Å²) in [5, 5.41) is 3.64. The molecule has 4 rings (SSSR count). The molecule has 7 nitrogen and oxygen atoms in total. The lowest BCUT2D eigenvalue weighted by Crippen LogP contribution is -2.62. The number of nitrogens with zero attached hydrogens (tertiary/aromatic N) is 2. The topological polar surface area (TPSA) is 71.1 Å². The van der Waals surface area contributed by atoms with E-state index in [2.05, 4.69) is 5.32 Å². The Morgan fingerprint density at radius 1 is 1.19 bits per heavy atom. The number of ether oxygens (including phenoxy) is 2. The minimum absolute atomic E-state index is 0.0146. The van der Waals surface area contributed by atoms with Crippen LogP contribution in [0.25, 0.3) is 0 Å². The Morgan fingerprint density at radius 3 is 2.74 bits per heavy atom. The summed E-state index contributed by atoms with van der Waals surface area (Å²) in [5.74, 6) is -0.109. The van der Waals surface area contributed by atoms with Crippen molar-refractivity contribution in [3.8, 4) is 0 Å². The van der Waals surface area contributed by atoms with Crippen molar-refractivity contribution in [2.24, 2.45) is 0 Å². The van der Waals surface area contributed by atoms with Gasteiger partial charge in [0.15, 0.2) is 0 Å². The van der Waals surface area contributed by atoms with Crippen LogP contribution in [0.5, 0.6) is 0 Å². The first-order chi connectivity index (χ1) is 13.1. The minimum Gasteiger partial charge on any atom is -0.372 e. The lowest BCUT2D eigenvalue weighted by molar-refractivity contribution is -0.139. The Kier molecular flexibility index (Phi) is 5.52. The lowest BCUT2D eigenvalue weighted by atomic mass is 10.0. The van der Waals surface area contributed by atoms with Crippen LogP contribution in [0.4, 0.5) is 4.79 Å². The summed E-state index contributed by atoms with van der Waals surface area (Å²) in [5.41, 5.74) is 1.07. The molecule has 3 atom stereocenters. The van der Waals surface area contributed by atoms with E-state index in [1.807, 2.05) is 34.1 Å². The molecule has 8 heteroatoms. The number of urea groups is 1. The van der Waals surface area contributed by atoms with E-state index >= 15 is 0 Å². The average molecular weight is 394 g/mol. The average Bonchev–Trinajstić information content (AvgIpc) is 3.15. The molecular formula is C19H24ClN3O4. The molecule has 1 aromatic carbocycles. The molecule has 3 aliphatic heterocycles. The molecule has 0 spiro atoms. The summed E-state index contributed by atoms with van der Waals surface area (Å²) in [7, 11) is 0. The third kappa shape index (κ3) is 4.36. The predicted octanol–water partition coefficient (Wildman–Crippen LogP) is 1.64. The van der Waals surface area contributed by atoms with Gasteiger partial charge in [-0.05, 0) is 30.5 Å². The monoisotopic (exact) mass is 393 g/mol. The highest BCUT2D eigenvalue weighted by molar-refractivity contribution is 6.30. The number of fused-ring (bicyclic) bond motifs is 1. The van der Waals surface area contributed by atoms with Gasteiger partial charge in [-0.3, -0.25) is 4.79 Å². The second kappa shape index (κ2) is 8.04. The molecule has 0 unspecified atom stereocenters. The van der Waals surface area contributed by atoms with Crippen molar-refractivity contribution in [2.75, 3.05) is 32.8 Å². The van der Waals surface area contributed by atoms with Crippen LogP contribution in [0, 0.1) is 0 Å². The van der Waals surface area contributed by atoms with Crippen molar-refractivity contribution in [2.45, 2.75) is 37.7 Å². The zero-order valence-corrected chi connectivity index (χ0v) is 15.9. The predicted molar refractivity (Wildman–Crippen MR) is 99.5 cm³/mol. The number of benzene rings is 1. The van der Waals surface area contributed by atoms with Crippen LogP contribution in [0.2, 0.25) is 5.02 Å². The Labute approximate surface area is 163 Å². The first kappa shape index (κ1) is 18.5. The highest BCUT2D eigenvalue weighted by Gasteiger charge is 2.38. The van der Waals surface area contributed by atoms with Gasteiger partial charge in [-0.2, -0.15) is 0 Å². The summed E-state index contributed by atoms with van der Waals surface area (Å²) in [6.45, 7) is 3.08. The summed E-state index contributed by atoms with van der Waals surface area (Å²) >= 11 is 5.90. The Balaban J connectivity index is 1.26. The van der Waals surface area contributed by atoms with Crippen LogP contribution in [0.1, 0.15) is 18.4 Å². The summed E-state index contributed by atoms with van der Waals surface area (Å²) < 4.78 is 11.5. The van der Waals surface area contributed by atoms with E-state index < -0.39 is 0 Å². The number of piperidine rings is 1. The number of nitrogens with one attached hydrogen (secondary N) is 1. The SMILES string of the molecule is O=C1CO[C@H]2CCN(C(=O)N3CC[C@H](OCc4ccc(Cl)cc4)C3)C[C@H]2N1. The molecule has 0 radical (unpaired) electrons. The molecule has 146 valence electrons. The van der Waals surface area contributed by atoms with Gasteiger partial charge in [0.1, 0.15) is 6.61 Å². The Hall–Kier alpha value is -1.83. The standard InChI is InChI=1S/C19H24ClN3O4/c20-14-3-1-13(2-4-14)11-26-15-5-7-22(9-15)19(25)23-8-6-17-16(10-23)21-18(24)12-27-17/h1-4,15-17H,5-12H2,(H,21,24)/t15-,16+,17-/m0/s1. The van der Waals surface area contributed by atoms with E-state index in [0.29, 0.717) is 37.8 Å². The number of likely N-dealkylation sites (tertiary alicyclic amines) is 2. The molecule has 3 aliphatic rings. The van der Waals surface area contributed by atoms with E-state index in [0.717, 1.165) is 18.4 Å². The normalized spacial score (nSPS) is 28.0. The molecule has 1 aromatic rings. The number of hydrogen-bond donors (Lipinski definition) is 1. The molecule has 1 N–H and O–H groups in total. The molecule has 3 heterocycles. The van der Waals surface area contributed by atoms with E-state index in [-0.39, 0.29) is 36.8 Å².